The van der Waals surface area contributed by atoms with Crippen molar-refractivity contribution in [2.24, 2.45) is 5.73 Å². The maximum Gasteiger partial charge on any atom is 0.0649 e. The van der Waals surface area contributed by atoms with Crippen LogP contribution in [0.25, 0.3) is 0 Å². The van der Waals surface area contributed by atoms with Gasteiger partial charge >= 0.3 is 0 Å². The zero-order valence-corrected chi connectivity index (χ0v) is 13.1. The van der Waals surface area contributed by atoms with Crippen LogP contribution in [-0.2, 0) is 6.54 Å². The zero-order chi connectivity index (χ0) is 14.1. The Labute approximate surface area is 128 Å². The van der Waals surface area contributed by atoms with E-state index >= 15 is 0 Å². The van der Waals surface area contributed by atoms with E-state index < -0.39 is 0 Å². The van der Waals surface area contributed by atoms with Crippen LogP contribution in [0.1, 0.15) is 5.56 Å². The number of anilines is 3. The van der Waals surface area contributed by atoms with Gasteiger partial charge < -0.3 is 15.5 Å². The molecule has 0 saturated carbocycles. The van der Waals surface area contributed by atoms with Crippen molar-refractivity contribution in [2.45, 2.75) is 6.54 Å². The van der Waals surface area contributed by atoms with Crippen LogP contribution in [0, 0.1) is 0 Å². The van der Waals surface area contributed by atoms with E-state index in [0.717, 1.165) is 17.6 Å². The highest BCUT2D eigenvalue weighted by molar-refractivity contribution is 9.10. The van der Waals surface area contributed by atoms with Gasteiger partial charge in [0.15, 0.2) is 0 Å². The molecule has 2 aromatic carbocycles. The van der Waals surface area contributed by atoms with E-state index in [1.807, 2.05) is 6.07 Å². The monoisotopic (exact) mass is 331 g/mol. The number of hydrogen-bond acceptors (Lipinski definition) is 3. The second-order valence-electron chi connectivity index (χ2n) is 5.04. The molecule has 0 unspecified atom stereocenters. The Hall–Kier alpha value is -1.52. The summed E-state index contributed by atoms with van der Waals surface area (Å²) in [7, 11) is 2.14. The molecule has 0 radical (unpaired) electrons. The highest BCUT2D eigenvalue weighted by atomic mass is 79.9. The lowest BCUT2D eigenvalue weighted by Crippen LogP contribution is -2.36. The summed E-state index contributed by atoms with van der Waals surface area (Å²) in [6, 6.07) is 14.8. The third kappa shape index (κ3) is 2.30. The number of rotatable bonds is 2. The molecule has 0 atom stereocenters. The summed E-state index contributed by atoms with van der Waals surface area (Å²) < 4.78 is 1.08. The first-order valence-corrected chi connectivity index (χ1v) is 7.56. The van der Waals surface area contributed by atoms with Gasteiger partial charge in [-0.25, -0.2) is 0 Å². The van der Waals surface area contributed by atoms with Crippen LogP contribution < -0.4 is 15.5 Å². The molecule has 0 saturated heterocycles. The van der Waals surface area contributed by atoms with Gasteiger partial charge in [0.05, 0.1) is 11.4 Å². The summed E-state index contributed by atoms with van der Waals surface area (Å²) in [4.78, 5) is 4.66. The molecule has 0 aliphatic carbocycles. The molecule has 0 amide bonds. The van der Waals surface area contributed by atoms with Crippen LogP contribution in [-0.4, -0.2) is 20.1 Å². The first-order valence-electron chi connectivity index (χ1n) is 6.77. The summed E-state index contributed by atoms with van der Waals surface area (Å²) in [5, 5.41) is 0. The minimum Gasteiger partial charge on any atom is -0.371 e. The fourth-order valence-corrected chi connectivity index (χ4v) is 3.07. The van der Waals surface area contributed by atoms with E-state index in [-0.39, 0.29) is 0 Å². The number of hydrogen-bond donors (Lipinski definition) is 1. The molecule has 1 aliphatic rings. The van der Waals surface area contributed by atoms with E-state index in [0.29, 0.717) is 6.54 Å². The Kier molecular flexibility index (Phi) is 3.68. The van der Waals surface area contributed by atoms with Crippen LogP contribution in [0.4, 0.5) is 17.1 Å². The number of halogens is 1. The summed E-state index contributed by atoms with van der Waals surface area (Å²) in [6.07, 6.45) is 0. The minimum atomic E-state index is 0.553. The summed E-state index contributed by atoms with van der Waals surface area (Å²) in [6.45, 7) is 2.53. The molecule has 0 spiro atoms. The van der Waals surface area contributed by atoms with Gasteiger partial charge in [-0.05, 0) is 29.8 Å². The number of para-hydroxylation sites is 2. The van der Waals surface area contributed by atoms with Gasteiger partial charge in [-0.3, -0.25) is 0 Å². The summed E-state index contributed by atoms with van der Waals surface area (Å²) in [5.41, 5.74) is 10.8. The third-order valence-electron chi connectivity index (χ3n) is 3.80. The minimum absolute atomic E-state index is 0.553. The average molecular weight is 332 g/mol. The molecule has 2 N–H and O–H groups in total. The van der Waals surface area contributed by atoms with Crippen molar-refractivity contribution < 1.29 is 0 Å². The fraction of sp³-hybridized carbons (Fsp3) is 0.250. The molecular weight excluding hydrogens is 314 g/mol. The molecular formula is C16H18BrN3. The topological polar surface area (TPSA) is 32.5 Å². The van der Waals surface area contributed by atoms with Crippen LogP contribution >= 0.6 is 15.9 Å². The van der Waals surface area contributed by atoms with Crippen LogP contribution in [0.2, 0.25) is 0 Å². The van der Waals surface area contributed by atoms with E-state index in [1.54, 1.807) is 0 Å². The molecule has 4 heteroatoms. The molecule has 3 rings (SSSR count). The van der Waals surface area contributed by atoms with Crippen molar-refractivity contribution in [1.82, 2.24) is 0 Å². The number of benzene rings is 2. The number of nitrogens with two attached hydrogens (primary N) is 1. The zero-order valence-electron chi connectivity index (χ0n) is 11.5. The van der Waals surface area contributed by atoms with Crippen LogP contribution in [0.5, 0.6) is 0 Å². The van der Waals surface area contributed by atoms with Gasteiger partial charge in [-0.2, -0.15) is 0 Å². The van der Waals surface area contributed by atoms with Gasteiger partial charge in [0.25, 0.3) is 0 Å². The Morgan fingerprint density at radius 2 is 1.80 bits per heavy atom. The van der Waals surface area contributed by atoms with Gasteiger partial charge in [-0.1, -0.05) is 34.1 Å². The van der Waals surface area contributed by atoms with Gasteiger partial charge in [0, 0.05) is 36.8 Å². The Bertz CT molecular complexity index is 627. The lowest BCUT2D eigenvalue weighted by atomic mass is 10.1. The molecule has 0 fully saturated rings. The standard InChI is InChI=1S/C16H18BrN3/c1-19-8-9-20(15-5-3-2-4-14(15)19)16-10-13(17)7-6-12(16)11-18/h2-7,10H,8-9,11,18H2,1H3. The average Bonchev–Trinajstić information content (AvgIpc) is 2.48. The third-order valence-corrected chi connectivity index (χ3v) is 4.29. The SMILES string of the molecule is CN1CCN(c2cc(Br)ccc2CN)c2ccccc21. The normalized spacial score (nSPS) is 14.3. The maximum absolute atomic E-state index is 5.90. The molecule has 0 bridgehead atoms. The van der Waals surface area contributed by atoms with Gasteiger partial charge in [-0.15, -0.1) is 0 Å². The van der Waals surface area contributed by atoms with Crippen molar-refractivity contribution in [1.29, 1.82) is 0 Å². The van der Waals surface area contributed by atoms with Crippen molar-refractivity contribution in [3.05, 3.63) is 52.5 Å². The lowest BCUT2D eigenvalue weighted by molar-refractivity contribution is 0.817. The Balaban J connectivity index is 2.12. The fourth-order valence-electron chi connectivity index (χ4n) is 2.72. The molecule has 1 heterocycles. The molecule has 3 nitrogen and oxygen atoms in total. The molecule has 104 valence electrons. The van der Waals surface area contributed by atoms with Crippen molar-refractivity contribution >= 4 is 33.0 Å². The predicted molar refractivity (Wildman–Crippen MR) is 88.8 cm³/mol. The second-order valence-corrected chi connectivity index (χ2v) is 5.95. The van der Waals surface area contributed by atoms with Crippen LogP contribution in [0.3, 0.4) is 0 Å². The molecule has 2 aromatic rings. The van der Waals surface area contributed by atoms with E-state index in [2.05, 4.69) is 69.2 Å². The highest BCUT2D eigenvalue weighted by Crippen LogP contribution is 2.38. The second kappa shape index (κ2) is 5.46. The quantitative estimate of drug-likeness (QED) is 0.914. The van der Waals surface area contributed by atoms with Crippen LogP contribution in [0.15, 0.2) is 46.9 Å². The highest BCUT2D eigenvalue weighted by Gasteiger charge is 2.22. The molecule has 1 aliphatic heterocycles. The first-order chi connectivity index (χ1) is 9.70. The molecule has 0 aromatic heterocycles. The van der Waals surface area contributed by atoms with E-state index in [9.17, 15) is 0 Å². The number of nitrogens with zero attached hydrogens (tertiary/aromatic N) is 2. The summed E-state index contributed by atoms with van der Waals surface area (Å²) >= 11 is 3.57. The lowest BCUT2D eigenvalue weighted by Gasteiger charge is -2.37. The van der Waals surface area contributed by atoms with Gasteiger partial charge in [0.2, 0.25) is 0 Å². The smallest absolute Gasteiger partial charge is 0.0649 e. The Morgan fingerprint density at radius 1 is 1.05 bits per heavy atom. The first kappa shape index (κ1) is 13.5. The van der Waals surface area contributed by atoms with E-state index in [1.165, 1.54) is 22.6 Å². The number of likely N-dealkylation sites (N-methyl/N-ethyl adjacent to an activating group) is 1. The molecule has 20 heavy (non-hydrogen) atoms. The number of fused-ring (bicyclic) bond motifs is 1. The largest absolute Gasteiger partial charge is 0.371 e. The maximum atomic E-state index is 5.90. The van der Waals surface area contributed by atoms with Crippen molar-refractivity contribution in [2.75, 3.05) is 29.9 Å². The van der Waals surface area contributed by atoms with Crippen molar-refractivity contribution in [3.8, 4) is 0 Å². The Morgan fingerprint density at radius 3 is 2.55 bits per heavy atom. The predicted octanol–water partition coefficient (Wildman–Crippen LogP) is 3.50. The van der Waals surface area contributed by atoms with E-state index in [4.69, 9.17) is 5.73 Å². The van der Waals surface area contributed by atoms with Crippen molar-refractivity contribution in [3.63, 3.8) is 0 Å². The summed E-state index contributed by atoms with van der Waals surface area (Å²) in [5.74, 6) is 0. The van der Waals surface area contributed by atoms with Gasteiger partial charge in [0.1, 0.15) is 0 Å².